The maximum Gasteiger partial charge on any atom is 0.0688 e. The monoisotopic (exact) mass is 233 g/mol. The first-order valence-corrected chi connectivity index (χ1v) is 6.00. The van der Waals surface area contributed by atoms with Gasteiger partial charge < -0.3 is 10.1 Å². The first kappa shape index (κ1) is 13.9. The predicted molar refractivity (Wildman–Crippen MR) is 74.1 cm³/mol. The van der Waals surface area contributed by atoms with Crippen molar-refractivity contribution in [1.82, 2.24) is 5.32 Å². The van der Waals surface area contributed by atoms with Gasteiger partial charge in [-0.15, -0.1) is 0 Å². The van der Waals surface area contributed by atoms with Crippen LogP contribution in [0.4, 0.5) is 0 Å². The van der Waals surface area contributed by atoms with Gasteiger partial charge in [-0.05, 0) is 31.9 Å². The molecular formula is C15H23NO. The fourth-order valence-electron chi connectivity index (χ4n) is 1.49. The smallest absolute Gasteiger partial charge is 0.0688 e. The van der Waals surface area contributed by atoms with Gasteiger partial charge in [-0.1, -0.05) is 36.4 Å². The van der Waals surface area contributed by atoms with Crippen LogP contribution in [0, 0.1) is 0 Å². The summed E-state index contributed by atoms with van der Waals surface area (Å²) < 4.78 is 5.23. The molecule has 0 bridgehead atoms. The Morgan fingerprint density at radius 2 is 1.88 bits per heavy atom. The summed E-state index contributed by atoms with van der Waals surface area (Å²) in [6.45, 7) is 8.02. The second-order valence-electron chi connectivity index (χ2n) is 5.25. The van der Waals surface area contributed by atoms with E-state index in [1.807, 2.05) is 18.2 Å². The summed E-state index contributed by atoms with van der Waals surface area (Å²) in [6.07, 6.45) is 2.18. The van der Waals surface area contributed by atoms with Gasteiger partial charge in [0.05, 0.1) is 6.61 Å². The highest BCUT2D eigenvalue weighted by Crippen LogP contribution is 2.08. The zero-order chi connectivity index (χ0) is 12.7. The van der Waals surface area contributed by atoms with E-state index >= 15 is 0 Å². The number of methoxy groups -OCH3 is 1. The van der Waals surface area contributed by atoms with Crippen molar-refractivity contribution in [3.05, 3.63) is 41.5 Å². The summed E-state index contributed by atoms with van der Waals surface area (Å²) in [6, 6.07) is 10.3. The highest BCUT2D eigenvalue weighted by molar-refractivity contribution is 5.53. The molecule has 1 aromatic rings. The minimum absolute atomic E-state index is 0.128. The molecule has 2 heteroatoms. The largest absolute Gasteiger partial charge is 0.380 e. The molecule has 0 saturated carbocycles. The number of ether oxygens (including phenoxy) is 1. The third kappa shape index (κ3) is 6.25. The van der Waals surface area contributed by atoms with E-state index in [2.05, 4.69) is 44.3 Å². The summed E-state index contributed by atoms with van der Waals surface area (Å²) >= 11 is 0. The van der Waals surface area contributed by atoms with Crippen molar-refractivity contribution in [2.24, 2.45) is 0 Å². The van der Waals surface area contributed by atoms with E-state index in [-0.39, 0.29) is 5.54 Å². The van der Waals surface area contributed by atoms with Crippen molar-refractivity contribution >= 4 is 6.08 Å². The minimum Gasteiger partial charge on any atom is -0.380 e. The zero-order valence-electron chi connectivity index (χ0n) is 11.3. The Bertz CT molecular complexity index is 349. The summed E-state index contributed by atoms with van der Waals surface area (Å²) in [5, 5.41) is 3.48. The molecule has 0 amide bonds. The second-order valence-corrected chi connectivity index (χ2v) is 5.25. The standard InChI is InChI=1S/C15H23NO/c1-15(2,3)16-11-14(12-17-4)10-13-8-6-5-7-9-13/h5-10,16H,11-12H2,1-4H3/b14-10+. The van der Waals surface area contributed by atoms with E-state index in [0.29, 0.717) is 6.61 Å². The molecule has 0 fully saturated rings. The number of rotatable bonds is 5. The van der Waals surface area contributed by atoms with Crippen LogP contribution in [0.3, 0.4) is 0 Å². The molecule has 1 rings (SSSR count). The SMILES string of the molecule is COC/C(=C/c1ccccc1)CNC(C)(C)C. The molecule has 0 aliphatic rings. The van der Waals surface area contributed by atoms with Gasteiger partial charge in [0.2, 0.25) is 0 Å². The van der Waals surface area contributed by atoms with Crippen LogP contribution < -0.4 is 5.32 Å². The first-order valence-electron chi connectivity index (χ1n) is 6.00. The summed E-state index contributed by atoms with van der Waals surface area (Å²) in [7, 11) is 1.73. The molecule has 94 valence electrons. The van der Waals surface area contributed by atoms with E-state index in [1.54, 1.807) is 7.11 Å². The van der Waals surface area contributed by atoms with Crippen LogP contribution >= 0.6 is 0 Å². The molecule has 0 unspecified atom stereocenters. The molecular weight excluding hydrogens is 210 g/mol. The topological polar surface area (TPSA) is 21.3 Å². The second kappa shape index (κ2) is 6.58. The van der Waals surface area contributed by atoms with E-state index in [1.165, 1.54) is 11.1 Å². The summed E-state index contributed by atoms with van der Waals surface area (Å²) in [5.74, 6) is 0. The molecule has 0 atom stereocenters. The van der Waals surface area contributed by atoms with Crippen LogP contribution in [0.1, 0.15) is 26.3 Å². The molecule has 0 heterocycles. The van der Waals surface area contributed by atoms with Crippen molar-refractivity contribution in [1.29, 1.82) is 0 Å². The number of benzene rings is 1. The van der Waals surface area contributed by atoms with Gasteiger partial charge in [0, 0.05) is 19.2 Å². The highest BCUT2D eigenvalue weighted by atomic mass is 16.5. The van der Waals surface area contributed by atoms with Gasteiger partial charge in [-0.3, -0.25) is 0 Å². The maximum absolute atomic E-state index is 5.23. The van der Waals surface area contributed by atoms with E-state index < -0.39 is 0 Å². The number of nitrogens with one attached hydrogen (secondary N) is 1. The Hall–Kier alpha value is -1.12. The van der Waals surface area contributed by atoms with Gasteiger partial charge in [-0.2, -0.15) is 0 Å². The molecule has 0 radical (unpaired) electrons. The fraction of sp³-hybridized carbons (Fsp3) is 0.467. The van der Waals surface area contributed by atoms with Crippen molar-refractivity contribution < 1.29 is 4.74 Å². The van der Waals surface area contributed by atoms with E-state index in [9.17, 15) is 0 Å². The third-order valence-electron chi connectivity index (χ3n) is 2.35. The van der Waals surface area contributed by atoms with Gasteiger partial charge >= 0.3 is 0 Å². The summed E-state index contributed by atoms with van der Waals surface area (Å²) in [5.41, 5.74) is 2.60. The van der Waals surface area contributed by atoms with Crippen molar-refractivity contribution in [3.8, 4) is 0 Å². The lowest BCUT2D eigenvalue weighted by molar-refractivity contribution is 0.223. The third-order valence-corrected chi connectivity index (χ3v) is 2.35. The minimum atomic E-state index is 0.128. The van der Waals surface area contributed by atoms with Crippen LogP contribution in [0.2, 0.25) is 0 Å². The Morgan fingerprint density at radius 1 is 1.24 bits per heavy atom. The van der Waals surface area contributed by atoms with Gasteiger partial charge in [0.1, 0.15) is 0 Å². The lowest BCUT2D eigenvalue weighted by Crippen LogP contribution is -2.37. The molecule has 0 aliphatic carbocycles. The number of hydrogen-bond acceptors (Lipinski definition) is 2. The van der Waals surface area contributed by atoms with Crippen molar-refractivity contribution in [3.63, 3.8) is 0 Å². The van der Waals surface area contributed by atoms with Crippen LogP contribution in [0.5, 0.6) is 0 Å². The zero-order valence-corrected chi connectivity index (χ0v) is 11.3. The normalized spacial score (nSPS) is 12.8. The Kier molecular flexibility index (Phi) is 5.39. The molecule has 0 saturated heterocycles. The Balaban J connectivity index is 2.68. The first-order chi connectivity index (χ1) is 8.01. The summed E-state index contributed by atoms with van der Waals surface area (Å²) in [4.78, 5) is 0. The van der Waals surface area contributed by atoms with Crippen molar-refractivity contribution in [2.45, 2.75) is 26.3 Å². The van der Waals surface area contributed by atoms with E-state index in [4.69, 9.17) is 4.74 Å². The van der Waals surface area contributed by atoms with Crippen LogP contribution in [-0.2, 0) is 4.74 Å². The van der Waals surface area contributed by atoms with Crippen molar-refractivity contribution in [2.75, 3.05) is 20.3 Å². The molecule has 1 N–H and O–H groups in total. The average molecular weight is 233 g/mol. The number of hydrogen-bond donors (Lipinski definition) is 1. The maximum atomic E-state index is 5.23. The lowest BCUT2D eigenvalue weighted by atomic mass is 10.1. The Morgan fingerprint density at radius 3 is 2.41 bits per heavy atom. The van der Waals surface area contributed by atoms with Crippen LogP contribution in [-0.4, -0.2) is 25.8 Å². The van der Waals surface area contributed by atoms with Crippen LogP contribution in [0.25, 0.3) is 6.08 Å². The quantitative estimate of drug-likeness (QED) is 0.843. The van der Waals surface area contributed by atoms with Gasteiger partial charge in [0.25, 0.3) is 0 Å². The predicted octanol–water partition coefficient (Wildman–Crippen LogP) is 3.10. The molecule has 1 aromatic carbocycles. The van der Waals surface area contributed by atoms with E-state index in [0.717, 1.165) is 6.54 Å². The van der Waals surface area contributed by atoms with Crippen LogP contribution in [0.15, 0.2) is 35.9 Å². The lowest BCUT2D eigenvalue weighted by Gasteiger charge is -2.21. The Labute approximate surface area is 105 Å². The van der Waals surface area contributed by atoms with Gasteiger partial charge in [0.15, 0.2) is 0 Å². The molecule has 17 heavy (non-hydrogen) atoms. The molecule has 2 nitrogen and oxygen atoms in total. The molecule has 0 spiro atoms. The highest BCUT2D eigenvalue weighted by Gasteiger charge is 2.09. The molecule has 0 aromatic heterocycles. The van der Waals surface area contributed by atoms with Gasteiger partial charge in [-0.25, -0.2) is 0 Å². The fourth-order valence-corrected chi connectivity index (χ4v) is 1.49. The molecule has 0 aliphatic heterocycles. The average Bonchev–Trinajstić information content (AvgIpc) is 2.27.